The molecule has 1 nitrogen and oxygen atoms in total. The van der Waals surface area contributed by atoms with E-state index in [9.17, 15) is 0 Å². The van der Waals surface area contributed by atoms with E-state index >= 15 is 0 Å². The number of hydrogen-bond acceptors (Lipinski definition) is 1. The van der Waals surface area contributed by atoms with Crippen molar-refractivity contribution in [3.05, 3.63) is 35.4 Å². The minimum Gasteiger partial charge on any atom is -0.296 e. The second-order valence-electron chi connectivity index (χ2n) is 8.53. The number of rotatable bonds is 11. The molecule has 0 N–H and O–H groups in total. The lowest BCUT2D eigenvalue weighted by Gasteiger charge is -2.30. The van der Waals surface area contributed by atoms with Crippen molar-refractivity contribution in [3.8, 4) is 0 Å². The van der Waals surface area contributed by atoms with Crippen LogP contribution in [0.15, 0.2) is 24.3 Å². The molecule has 2 fully saturated rings. The fourth-order valence-corrected chi connectivity index (χ4v) is 4.77. The molecule has 0 spiro atoms. The first kappa shape index (κ1) is 19.0. The summed E-state index contributed by atoms with van der Waals surface area (Å²) in [5.74, 6) is 1.77. The van der Waals surface area contributed by atoms with Crippen LogP contribution >= 0.6 is 0 Å². The summed E-state index contributed by atoms with van der Waals surface area (Å²) in [4.78, 5) is 2.83. The third-order valence-corrected chi connectivity index (χ3v) is 6.52. The van der Waals surface area contributed by atoms with Gasteiger partial charge in [-0.15, -0.1) is 0 Å². The quantitative estimate of drug-likeness (QED) is 0.388. The van der Waals surface area contributed by atoms with Gasteiger partial charge in [0, 0.05) is 12.6 Å². The van der Waals surface area contributed by atoms with Crippen LogP contribution < -0.4 is 0 Å². The van der Waals surface area contributed by atoms with Crippen LogP contribution in [-0.4, -0.2) is 18.0 Å². The number of nitrogens with zero attached hydrogens (tertiary/aromatic N) is 1. The molecule has 1 aromatic carbocycles. The lowest BCUT2D eigenvalue weighted by Crippen LogP contribution is -2.29. The first-order valence-electron chi connectivity index (χ1n) is 11.2. The maximum absolute atomic E-state index is 2.83. The van der Waals surface area contributed by atoms with Crippen LogP contribution in [0.1, 0.15) is 108 Å². The fourth-order valence-electron chi connectivity index (χ4n) is 4.77. The van der Waals surface area contributed by atoms with Crippen molar-refractivity contribution in [2.45, 2.75) is 96.4 Å². The number of likely N-dealkylation sites (tertiary alicyclic amines) is 1. The summed E-state index contributed by atoms with van der Waals surface area (Å²) in [5.41, 5.74) is 3.34. The van der Waals surface area contributed by atoms with Gasteiger partial charge in [-0.25, -0.2) is 0 Å². The lowest BCUT2D eigenvalue weighted by atomic mass is 9.93. The zero-order valence-corrected chi connectivity index (χ0v) is 16.7. The molecule has 1 heteroatoms. The van der Waals surface area contributed by atoms with Gasteiger partial charge in [0.2, 0.25) is 0 Å². The van der Waals surface area contributed by atoms with Crippen LogP contribution in [0, 0.1) is 5.92 Å². The van der Waals surface area contributed by atoms with Crippen molar-refractivity contribution in [2.75, 3.05) is 13.1 Å². The van der Waals surface area contributed by atoms with Crippen LogP contribution in [0.25, 0.3) is 0 Å². The molecule has 0 amide bonds. The van der Waals surface area contributed by atoms with Gasteiger partial charge < -0.3 is 0 Å². The van der Waals surface area contributed by atoms with E-state index in [4.69, 9.17) is 0 Å². The minimum atomic E-state index is 0.700. The van der Waals surface area contributed by atoms with Gasteiger partial charge in [0.25, 0.3) is 0 Å². The van der Waals surface area contributed by atoms with E-state index < -0.39 is 0 Å². The van der Waals surface area contributed by atoms with Gasteiger partial charge in [-0.05, 0) is 61.6 Å². The third kappa shape index (κ3) is 5.33. The maximum Gasteiger partial charge on any atom is 0.0351 e. The molecule has 2 aliphatic rings. The Morgan fingerprint density at radius 3 is 2.44 bits per heavy atom. The van der Waals surface area contributed by atoms with Gasteiger partial charge in [0.15, 0.2) is 0 Å². The molecule has 1 saturated carbocycles. The summed E-state index contributed by atoms with van der Waals surface area (Å²) in [6.07, 6.45) is 15.5. The zero-order valence-electron chi connectivity index (χ0n) is 16.7. The van der Waals surface area contributed by atoms with E-state index in [1.807, 2.05) is 0 Å². The SMILES string of the molecule is CCCCCCCC(CC)CN1CCCC1c1ccccc1C1CC1. The predicted octanol–water partition coefficient (Wildman–Crippen LogP) is 7.09. The van der Waals surface area contributed by atoms with Gasteiger partial charge >= 0.3 is 0 Å². The van der Waals surface area contributed by atoms with Crippen LogP contribution in [0.4, 0.5) is 0 Å². The normalized spacial score (nSPS) is 22.4. The molecular formula is C24H39N. The highest BCUT2D eigenvalue weighted by atomic mass is 15.2. The van der Waals surface area contributed by atoms with Crippen molar-refractivity contribution >= 4 is 0 Å². The third-order valence-electron chi connectivity index (χ3n) is 6.52. The molecule has 2 unspecified atom stereocenters. The van der Waals surface area contributed by atoms with E-state index in [2.05, 4.69) is 43.0 Å². The summed E-state index contributed by atoms with van der Waals surface area (Å²) in [5, 5.41) is 0. The van der Waals surface area contributed by atoms with E-state index in [0.29, 0.717) is 6.04 Å². The molecule has 3 rings (SSSR count). The molecule has 2 atom stereocenters. The lowest BCUT2D eigenvalue weighted by molar-refractivity contribution is 0.203. The molecule has 1 aromatic rings. The Labute approximate surface area is 156 Å². The molecule has 1 aliphatic heterocycles. The predicted molar refractivity (Wildman–Crippen MR) is 109 cm³/mol. The van der Waals surface area contributed by atoms with Crippen molar-refractivity contribution in [2.24, 2.45) is 5.92 Å². The standard InChI is InChI=1S/C24H39N/c1-3-5-6-7-8-12-20(4-2)19-25-18-11-15-24(25)23-14-10-9-13-22(23)21-16-17-21/h9-10,13-14,20-21,24H,3-8,11-12,15-19H2,1-2H3. The molecule has 1 aliphatic carbocycles. The number of unbranched alkanes of at least 4 members (excludes halogenated alkanes) is 4. The van der Waals surface area contributed by atoms with Crippen molar-refractivity contribution in [1.82, 2.24) is 4.90 Å². The minimum absolute atomic E-state index is 0.700. The van der Waals surface area contributed by atoms with E-state index in [1.54, 1.807) is 11.1 Å². The molecule has 0 aromatic heterocycles. The average molecular weight is 342 g/mol. The Hall–Kier alpha value is -0.820. The molecule has 140 valence electrons. The first-order chi connectivity index (χ1) is 12.3. The molecule has 25 heavy (non-hydrogen) atoms. The monoisotopic (exact) mass is 341 g/mol. The largest absolute Gasteiger partial charge is 0.296 e. The molecule has 1 saturated heterocycles. The highest BCUT2D eigenvalue weighted by Gasteiger charge is 2.33. The summed E-state index contributed by atoms with van der Waals surface area (Å²) < 4.78 is 0. The second kappa shape index (κ2) is 9.76. The van der Waals surface area contributed by atoms with Gasteiger partial charge in [-0.1, -0.05) is 76.6 Å². The van der Waals surface area contributed by atoms with Gasteiger partial charge in [-0.2, -0.15) is 0 Å². The topological polar surface area (TPSA) is 3.24 Å². The van der Waals surface area contributed by atoms with Crippen molar-refractivity contribution in [1.29, 1.82) is 0 Å². The van der Waals surface area contributed by atoms with Crippen LogP contribution in [0.3, 0.4) is 0 Å². The molecule has 0 radical (unpaired) electrons. The summed E-state index contributed by atoms with van der Waals surface area (Å²) in [7, 11) is 0. The van der Waals surface area contributed by atoms with E-state index in [-0.39, 0.29) is 0 Å². The van der Waals surface area contributed by atoms with Crippen molar-refractivity contribution in [3.63, 3.8) is 0 Å². The van der Waals surface area contributed by atoms with Gasteiger partial charge in [0.05, 0.1) is 0 Å². The molecule has 0 bridgehead atoms. The first-order valence-corrected chi connectivity index (χ1v) is 11.2. The van der Waals surface area contributed by atoms with Crippen LogP contribution in [0.2, 0.25) is 0 Å². The second-order valence-corrected chi connectivity index (χ2v) is 8.53. The Morgan fingerprint density at radius 1 is 0.960 bits per heavy atom. The average Bonchev–Trinajstić information content (AvgIpc) is 3.39. The van der Waals surface area contributed by atoms with Crippen LogP contribution in [-0.2, 0) is 0 Å². The Bertz CT molecular complexity index is 505. The Morgan fingerprint density at radius 2 is 1.72 bits per heavy atom. The smallest absolute Gasteiger partial charge is 0.0351 e. The molecular weight excluding hydrogens is 302 g/mol. The van der Waals surface area contributed by atoms with Crippen molar-refractivity contribution < 1.29 is 0 Å². The fraction of sp³-hybridized carbons (Fsp3) is 0.750. The molecule has 1 heterocycles. The highest BCUT2D eigenvalue weighted by Crippen LogP contribution is 2.45. The van der Waals surface area contributed by atoms with E-state index in [0.717, 1.165) is 11.8 Å². The Kier molecular flexibility index (Phi) is 7.40. The number of benzene rings is 1. The van der Waals surface area contributed by atoms with Gasteiger partial charge in [0.1, 0.15) is 0 Å². The zero-order chi connectivity index (χ0) is 17.5. The Balaban J connectivity index is 1.56. The van der Waals surface area contributed by atoms with Crippen LogP contribution in [0.5, 0.6) is 0 Å². The highest BCUT2D eigenvalue weighted by molar-refractivity contribution is 5.36. The number of hydrogen-bond donors (Lipinski definition) is 0. The summed E-state index contributed by atoms with van der Waals surface area (Å²) >= 11 is 0. The maximum atomic E-state index is 2.83. The van der Waals surface area contributed by atoms with Gasteiger partial charge in [-0.3, -0.25) is 4.90 Å². The summed E-state index contributed by atoms with van der Waals surface area (Å²) in [6, 6.07) is 10.1. The summed E-state index contributed by atoms with van der Waals surface area (Å²) in [6.45, 7) is 7.35. The van der Waals surface area contributed by atoms with E-state index in [1.165, 1.54) is 83.7 Å².